The van der Waals surface area contributed by atoms with Crippen LogP contribution in [0, 0.1) is 0 Å². The van der Waals surface area contributed by atoms with E-state index in [1.54, 1.807) is 0 Å². The molecule has 1 saturated heterocycles. The lowest BCUT2D eigenvalue weighted by Crippen LogP contribution is -2.46. The number of amides is 1. The monoisotopic (exact) mass is 399 g/mol. The summed E-state index contributed by atoms with van der Waals surface area (Å²) < 4.78 is 5.18. The van der Waals surface area contributed by atoms with Gasteiger partial charge in [0.05, 0.1) is 0 Å². The summed E-state index contributed by atoms with van der Waals surface area (Å²) in [6, 6.07) is 10.6. The second kappa shape index (κ2) is 11.1. The first-order chi connectivity index (χ1) is 14.1. The van der Waals surface area contributed by atoms with Crippen molar-refractivity contribution in [3.05, 3.63) is 47.6 Å². The number of carbonyl (C=O) groups excluding carboxylic acids is 1. The summed E-state index contributed by atoms with van der Waals surface area (Å²) in [5.41, 5.74) is 1.38. The number of piperazine rings is 1. The zero-order valence-electron chi connectivity index (χ0n) is 17.6. The minimum Gasteiger partial charge on any atom is -0.356 e. The third-order valence-corrected chi connectivity index (χ3v) is 5.25. The maximum atomic E-state index is 12.0. The number of carbonyl (C=O) groups is 1. The number of rotatable bonds is 10. The van der Waals surface area contributed by atoms with Gasteiger partial charge in [0.1, 0.15) is 0 Å². The van der Waals surface area contributed by atoms with Gasteiger partial charge < -0.3 is 14.7 Å². The van der Waals surface area contributed by atoms with Crippen LogP contribution >= 0.6 is 0 Å². The Kier molecular flexibility index (Phi) is 8.19. The average Bonchev–Trinajstić information content (AvgIpc) is 3.21. The number of nitrogens with one attached hydrogen (secondary N) is 1. The molecule has 1 amide bonds. The fraction of sp³-hybridized carbons (Fsp3) is 0.591. The molecule has 0 spiro atoms. The van der Waals surface area contributed by atoms with Gasteiger partial charge in [-0.05, 0) is 18.5 Å². The summed E-state index contributed by atoms with van der Waals surface area (Å²) in [7, 11) is 0. The molecule has 2 aromatic rings. The van der Waals surface area contributed by atoms with E-state index in [9.17, 15) is 4.79 Å². The van der Waals surface area contributed by atoms with Crippen molar-refractivity contribution in [2.75, 3.05) is 39.3 Å². The zero-order valence-corrected chi connectivity index (χ0v) is 17.6. The largest absolute Gasteiger partial charge is 0.356 e. The first kappa shape index (κ1) is 21.5. The third kappa shape index (κ3) is 7.25. The Morgan fingerprint density at radius 3 is 2.55 bits per heavy atom. The van der Waals surface area contributed by atoms with E-state index in [-0.39, 0.29) is 11.8 Å². The second-order valence-corrected chi connectivity index (χ2v) is 8.01. The highest BCUT2D eigenvalue weighted by atomic mass is 16.5. The number of nitrogens with zero attached hydrogens (tertiary/aromatic N) is 4. The van der Waals surface area contributed by atoms with Crippen LogP contribution in [-0.2, 0) is 17.8 Å². The molecule has 7 heteroatoms. The molecule has 0 bridgehead atoms. The second-order valence-electron chi connectivity index (χ2n) is 8.01. The zero-order chi connectivity index (χ0) is 20.5. The van der Waals surface area contributed by atoms with Crippen LogP contribution in [0.1, 0.15) is 49.9 Å². The van der Waals surface area contributed by atoms with Gasteiger partial charge >= 0.3 is 0 Å². The van der Waals surface area contributed by atoms with Gasteiger partial charge in [-0.2, -0.15) is 4.98 Å². The normalized spacial score (nSPS) is 15.7. The number of benzene rings is 1. The van der Waals surface area contributed by atoms with Crippen LogP contribution in [0.5, 0.6) is 0 Å². The Bertz CT molecular complexity index is 739. The van der Waals surface area contributed by atoms with Gasteiger partial charge in [-0.1, -0.05) is 49.3 Å². The molecule has 1 aliphatic heterocycles. The Morgan fingerprint density at radius 2 is 1.86 bits per heavy atom. The summed E-state index contributed by atoms with van der Waals surface area (Å²) in [5, 5.41) is 6.92. The van der Waals surface area contributed by atoms with E-state index in [0.717, 1.165) is 45.7 Å². The van der Waals surface area contributed by atoms with Gasteiger partial charge in [-0.15, -0.1) is 0 Å². The molecule has 7 nitrogen and oxygen atoms in total. The lowest BCUT2D eigenvalue weighted by atomic mass is 10.2. The van der Waals surface area contributed by atoms with Gasteiger partial charge in [0.25, 0.3) is 0 Å². The highest BCUT2D eigenvalue weighted by Gasteiger charge is 2.16. The fourth-order valence-electron chi connectivity index (χ4n) is 3.46. The van der Waals surface area contributed by atoms with Crippen molar-refractivity contribution < 1.29 is 9.32 Å². The number of aryl methyl sites for hydroxylation is 1. The molecule has 0 radical (unpaired) electrons. The van der Waals surface area contributed by atoms with E-state index in [4.69, 9.17) is 4.52 Å². The van der Waals surface area contributed by atoms with E-state index in [0.29, 0.717) is 31.1 Å². The maximum absolute atomic E-state index is 12.0. The lowest BCUT2D eigenvalue weighted by molar-refractivity contribution is -0.121. The van der Waals surface area contributed by atoms with Gasteiger partial charge in [0.2, 0.25) is 11.8 Å². The molecule has 0 unspecified atom stereocenters. The molecule has 3 rings (SSSR count). The number of hydrogen-bond acceptors (Lipinski definition) is 6. The molecule has 1 aliphatic rings. The van der Waals surface area contributed by atoms with E-state index in [1.807, 2.05) is 13.8 Å². The summed E-state index contributed by atoms with van der Waals surface area (Å²) in [6.45, 7) is 11.2. The molecule has 29 heavy (non-hydrogen) atoms. The van der Waals surface area contributed by atoms with Crippen molar-refractivity contribution in [1.29, 1.82) is 0 Å². The Labute approximate surface area is 173 Å². The van der Waals surface area contributed by atoms with Gasteiger partial charge in [-0.25, -0.2) is 0 Å². The first-order valence-electron chi connectivity index (χ1n) is 10.7. The molecule has 2 heterocycles. The van der Waals surface area contributed by atoms with E-state index < -0.39 is 0 Å². The van der Waals surface area contributed by atoms with Crippen molar-refractivity contribution in [2.24, 2.45) is 0 Å². The molecule has 1 aromatic carbocycles. The van der Waals surface area contributed by atoms with Crippen molar-refractivity contribution in [3.8, 4) is 0 Å². The number of aromatic nitrogens is 2. The molecular weight excluding hydrogens is 366 g/mol. The predicted octanol–water partition coefficient (Wildman–Crippen LogP) is 2.45. The van der Waals surface area contributed by atoms with E-state index in [1.165, 1.54) is 5.56 Å². The van der Waals surface area contributed by atoms with Crippen LogP contribution < -0.4 is 5.32 Å². The minimum absolute atomic E-state index is 0.0435. The van der Waals surface area contributed by atoms with Crippen molar-refractivity contribution in [2.45, 2.75) is 45.6 Å². The van der Waals surface area contributed by atoms with Crippen LogP contribution in [0.2, 0.25) is 0 Å². The molecule has 1 N–H and O–H groups in total. The summed E-state index contributed by atoms with van der Waals surface area (Å²) in [6.07, 6.45) is 1.86. The van der Waals surface area contributed by atoms with Crippen molar-refractivity contribution in [1.82, 2.24) is 25.3 Å². The SMILES string of the molecule is CC(C)c1noc(CCC(=O)NCCCN2CCN(Cc3ccccc3)CC2)n1. The quantitative estimate of drug-likeness (QED) is 0.619. The molecule has 0 aliphatic carbocycles. The first-order valence-corrected chi connectivity index (χ1v) is 10.7. The van der Waals surface area contributed by atoms with Crippen LogP contribution in [0.25, 0.3) is 0 Å². The molecule has 1 aromatic heterocycles. The van der Waals surface area contributed by atoms with Crippen LogP contribution in [-0.4, -0.2) is 65.1 Å². The van der Waals surface area contributed by atoms with Gasteiger partial charge in [0, 0.05) is 58.0 Å². The number of hydrogen-bond donors (Lipinski definition) is 1. The molecule has 0 saturated carbocycles. The standard InChI is InChI=1S/C22H33N5O2/c1-18(2)22-24-21(29-25-22)10-9-20(28)23-11-6-12-26-13-15-27(16-14-26)17-19-7-4-3-5-8-19/h3-5,7-8,18H,6,9-17H2,1-2H3,(H,23,28). The third-order valence-electron chi connectivity index (χ3n) is 5.25. The van der Waals surface area contributed by atoms with Crippen LogP contribution in [0.3, 0.4) is 0 Å². The minimum atomic E-state index is 0.0435. The van der Waals surface area contributed by atoms with Crippen molar-refractivity contribution >= 4 is 5.91 Å². The van der Waals surface area contributed by atoms with Crippen molar-refractivity contribution in [3.63, 3.8) is 0 Å². The van der Waals surface area contributed by atoms with Gasteiger partial charge in [0.15, 0.2) is 5.82 Å². The molecule has 1 fully saturated rings. The molecule has 0 atom stereocenters. The molecule has 158 valence electrons. The lowest BCUT2D eigenvalue weighted by Gasteiger charge is -2.34. The van der Waals surface area contributed by atoms with E-state index in [2.05, 4.69) is 55.6 Å². The highest BCUT2D eigenvalue weighted by Crippen LogP contribution is 2.11. The molecular formula is C22H33N5O2. The Balaban J connectivity index is 1.24. The topological polar surface area (TPSA) is 74.5 Å². The van der Waals surface area contributed by atoms with Crippen LogP contribution in [0.15, 0.2) is 34.9 Å². The fourth-order valence-corrected chi connectivity index (χ4v) is 3.46. The van der Waals surface area contributed by atoms with Gasteiger partial charge in [-0.3, -0.25) is 9.69 Å². The Morgan fingerprint density at radius 1 is 1.14 bits per heavy atom. The highest BCUT2D eigenvalue weighted by molar-refractivity contribution is 5.75. The average molecular weight is 400 g/mol. The summed E-state index contributed by atoms with van der Waals surface area (Å²) in [5.74, 6) is 1.52. The summed E-state index contributed by atoms with van der Waals surface area (Å²) >= 11 is 0. The van der Waals surface area contributed by atoms with E-state index >= 15 is 0 Å². The maximum Gasteiger partial charge on any atom is 0.227 e. The predicted molar refractivity (Wildman–Crippen MR) is 112 cm³/mol. The smallest absolute Gasteiger partial charge is 0.227 e. The summed E-state index contributed by atoms with van der Waals surface area (Å²) in [4.78, 5) is 21.3. The van der Waals surface area contributed by atoms with Crippen LogP contribution in [0.4, 0.5) is 0 Å². The Hall–Kier alpha value is -2.25.